The third-order valence-electron chi connectivity index (χ3n) is 2.52. The van der Waals surface area contributed by atoms with Crippen molar-refractivity contribution >= 4 is 17.5 Å². The summed E-state index contributed by atoms with van der Waals surface area (Å²) >= 11 is 0. The van der Waals surface area contributed by atoms with Gasteiger partial charge in [0.05, 0.1) is 0 Å². The SMILES string of the molecule is CNc1nccc(Nc2ccc(C)cc2C)n1. The molecule has 1 aromatic carbocycles. The van der Waals surface area contributed by atoms with Crippen LogP contribution in [0.1, 0.15) is 11.1 Å². The van der Waals surface area contributed by atoms with E-state index in [1.807, 2.05) is 6.07 Å². The highest BCUT2D eigenvalue weighted by Gasteiger charge is 2.01. The summed E-state index contributed by atoms with van der Waals surface area (Å²) in [5, 5.41) is 6.20. The maximum Gasteiger partial charge on any atom is 0.224 e. The van der Waals surface area contributed by atoms with Crippen LogP contribution in [0.4, 0.5) is 17.5 Å². The third kappa shape index (κ3) is 2.72. The highest BCUT2D eigenvalue weighted by atomic mass is 15.1. The van der Waals surface area contributed by atoms with E-state index in [1.54, 1.807) is 13.2 Å². The van der Waals surface area contributed by atoms with Crippen LogP contribution in [0.3, 0.4) is 0 Å². The molecule has 0 amide bonds. The van der Waals surface area contributed by atoms with Gasteiger partial charge in [-0.1, -0.05) is 17.7 Å². The average molecular weight is 228 g/mol. The van der Waals surface area contributed by atoms with Gasteiger partial charge in [-0.05, 0) is 31.5 Å². The molecule has 0 fully saturated rings. The second-order valence-electron chi connectivity index (χ2n) is 3.96. The van der Waals surface area contributed by atoms with Gasteiger partial charge in [0.2, 0.25) is 5.95 Å². The summed E-state index contributed by atoms with van der Waals surface area (Å²) < 4.78 is 0. The van der Waals surface area contributed by atoms with Crippen LogP contribution in [0.5, 0.6) is 0 Å². The Labute approximate surface area is 101 Å². The summed E-state index contributed by atoms with van der Waals surface area (Å²) in [6.45, 7) is 4.16. The lowest BCUT2D eigenvalue weighted by molar-refractivity contribution is 1.15. The van der Waals surface area contributed by atoms with Gasteiger partial charge in [-0.15, -0.1) is 0 Å². The van der Waals surface area contributed by atoms with Gasteiger partial charge < -0.3 is 10.6 Å². The smallest absolute Gasteiger partial charge is 0.224 e. The highest BCUT2D eigenvalue weighted by molar-refractivity contribution is 5.61. The molecule has 1 heterocycles. The third-order valence-corrected chi connectivity index (χ3v) is 2.52. The van der Waals surface area contributed by atoms with Gasteiger partial charge in [0.15, 0.2) is 0 Å². The van der Waals surface area contributed by atoms with E-state index < -0.39 is 0 Å². The monoisotopic (exact) mass is 228 g/mol. The molecule has 1 aromatic heterocycles. The van der Waals surface area contributed by atoms with Crippen LogP contribution in [0, 0.1) is 13.8 Å². The fourth-order valence-electron chi connectivity index (χ4n) is 1.64. The van der Waals surface area contributed by atoms with Crippen molar-refractivity contribution in [1.82, 2.24) is 9.97 Å². The zero-order chi connectivity index (χ0) is 12.3. The Bertz CT molecular complexity index is 523. The van der Waals surface area contributed by atoms with E-state index in [4.69, 9.17) is 0 Å². The van der Waals surface area contributed by atoms with Gasteiger partial charge in [-0.3, -0.25) is 0 Å². The minimum Gasteiger partial charge on any atom is -0.357 e. The molecule has 2 N–H and O–H groups in total. The Balaban J connectivity index is 2.25. The van der Waals surface area contributed by atoms with Gasteiger partial charge in [0.25, 0.3) is 0 Å². The van der Waals surface area contributed by atoms with E-state index in [0.717, 1.165) is 11.5 Å². The van der Waals surface area contributed by atoms with E-state index in [-0.39, 0.29) is 0 Å². The van der Waals surface area contributed by atoms with Crippen molar-refractivity contribution in [2.24, 2.45) is 0 Å². The van der Waals surface area contributed by atoms with E-state index in [9.17, 15) is 0 Å². The fourth-order valence-corrected chi connectivity index (χ4v) is 1.64. The zero-order valence-corrected chi connectivity index (χ0v) is 10.3. The van der Waals surface area contributed by atoms with Crippen molar-refractivity contribution in [3.63, 3.8) is 0 Å². The van der Waals surface area contributed by atoms with Crippen LogP contribution in [0.15, 0.2) is 30.5 Å². The van der Waals surface area contributed by atoms with Crippen LogP contribution in [-0.4, -0.2) is 17.0 Å². The number of nitrogens with zero attached hydrogens (tertiary/aromatic N) is 2. The van der Waals surface area contributed by atoms with Crippen molar-refractivity contribution in [3.05, 3.63) is 41.6 Å². The van der Waals surface area contributed by atoms with Gasteiger partial charge in [-0.25, -0.2) is 4.98 Å². The molecule has 0 bridgehead atoms. The molecule has 0 aliphatic heterocycles. The predicted octanol–water partition coefficient (Wildman–Crippen LogP) is 2.88. The van der Waals surface area contributed by atoms with E-state index in [1.165, 1.54) is 11.1 Å². The predicted molar refractivity (Wildman–Crippen MR) is 70.8 cm³/mol. The number of nitrogens with one attached hydrogen (secondary N) is 2. The lowest BCUT2D eigenvalue weighted by Crippen LogP contribution is -2.00. The second-order valence-corrected chi connectivity index (χ2v) is 3.96. The standard InChI is InChI=1S/C13H16N4/c1-9-4-5-11(10(2)8-9)16-12-6-7-15-13(14-3)17-12/h4-8H,1-3H3,(H2,14,15,16,17). The summed E-state index contributed by atoms with van der Waals surface area (Å²) in [5.74, 6) is 1.40. The molecule has 4 nitrogen and oxygen atoms in total. The number of rotatable bonds is 3. The first-order valence-electron chi connectivity index (χ1n) is 5.54. The lowest BCUT2D eigenvalue weighted by Gasteiger charge is -2.10. The Morgan fingerprint density at radius 2 is 1.94 bits per heavy atom. The van der Waals surface area contributed by atoms with Crippen molar-refractivity contribution in [2.75, 3.05) is 17.7 Å². The molecular weight excluding hydrogens is 212 g/mol. The van der Waals surface area contributed by atoms with Crippen LogP contribution in [0.2, 0.25) is 0 Å². The maximum absolute atomic E-state index is 4.32. The number of hydrogen-bond acceptors (Lipinski definition) is 4. The first-order chi connectivity index (χ1) is 8.19. The van der Waals surface area contributed by atoms with E-state index >= 15 is 0 Å². The fraction of sp³-hybridized carbons (Fsp3) is 0.231. The largest absolute Gasteiger partial charge is 0.357 e. The van der Waals surface area contributed by atoms with Crippen molar-refractivity contribution in [2.45, 2.75) is 13.8 Å². The van der Waals surface area contributed by atoms with Crippen molar-refractivity contribution in [1.29, 1.82) is 0 Å². The minimum absolute atomic E-state index is 0.611. The summed E-state index contributed by atoms with van der Waals surface area (Å²) in [4.78, 5) is 8.39. The Kier molecular flexibility index (Phi) is 3.23. The first-order valence-corrected chi connectivity index (χ1v) is 5.54. The summed E-state index contributed by atoms with van der Waals surface area (Å²) in [7, 11) is 1.80. The molecule has 0 atom stereocenters. The van der Waals surface area contributed by atoms with Crippen LogP contribution in [0.25, 0.3) is 0 Å². The normalized spacial score (nSPS) is 10.1. The number of aromatic nitrogens is 2. The topological polar surface area (TPSA) is 49.8 Å². The van der Waals surface area contributed by atoms with Gasteiger partial charge >= 0.3 is 0 Å². The first kappa shape index (κ1) is 11.4. The molecule has 0 spiro atoms. The quantitative estimate of drug-likeness (QED) is 0.848. The summed E-state index contributed by atoms with van der Waals surface area (Å²) in [5.41, 5.74) is 3.53. The second kappa shape index (κ2) is 4.82. The molecule has 4 heteroatoms. The molecule has 2 rings (SSSR count). The number of anilines is 3. The Morgan fingerprint density at radius 3 is 2.65 bits per heavy atom. The molecule has 0 saturated heterocycles. The molecule has 88 valence electrons. The molecule has 0 saturated carbocycles. The van der Waals surface area contributed by atoms with Crippen molar-refractivity contribution in [3.8, 4) is 0 Å². The van der Waals surface area contributed by atoms with Gasteiger partial charge in [0.1, 0.15) is 5.82 Å². The van der Waals surface area contributed by atoms with Crippen molar-refractivity contribution < 1.29 is 0 Å². The average Bonchev–Trinajstić information content (AvgIpc) is 2.33. The number of aryl methyl sites for hydroxylation is 2. The van der Waals surface area contributed by atoms with Gasteiger partial charge in [0, 0.05) is 18.9 Å². The Hall–Kier alpha value is -2.10. The van der Waals surface area contributed by atoms with E-state index in [0.29, 0.717) is 5.95 Å². The highest BCUT2D eigenvalue weighted by Crippen LogP contribution is 2.20. The molecular formula is C13H16N4. The Morgan fingerprint density at radius 1 is 1.12 bits per heavy atom. The minimum atomic E-state index is 0.611. The summed E-state index contributed by atoms with van der Waals surface area (Å²) in [6, 6.07) is 8.13. The molecule has 17 heavy (non-hydrogen) atoms. The molecule has 0 aliphatic carbocycles. The van der Waals surface area contributed by atoms with Crippen LogP contribution in [-0.2, 0) is 0 Å². The molecule has 0 radical (unpaired) electrons. The molecule has 0 unspecified atom stereocenters. The van der Waals surface area contributed by atoms with E-state index in [2.05, 4.69) is 52.6 Å². The molecule has 0 aliphatic rings. The lowest BCUT2D eigenvalue weighted by atomic mass is 10.1. The maximum atomic E-state index is 4.32. The number of benzene rings is 1. The van der Waals surface area contributed by atoms with Gasteiger partial charge in [-0.2, -0.15) is 4.98 Å². The zero-order valence-electron chi connectivity index (χ0n) is 10.3. The molecule has 2 aromatic rings. The summed E-state index contributed by atoms with van der Waals surface area (Å²) in [6.07, 6.45) is 1.73. The number of hydrogen-bond donors (Lipinski definition) is 2. The van der Waals surface area contributed by atoms with Crippen LogP contribution < -0.4 is 10.6 Å². The van der Waals surface area contributed by atoms with Crippen LogP contribution >= 0.6 is 0 Å².